The van der Waals surface area contributed by atoms with Crippen LogP contribution in [0.2, 0.25) is 0 Å². The van der Waals surface area contributed by atoms with Crippen molar-refractivity contribution in [2.75, 3.05) is 33.4 Å². The molecule has 8 heteroatoms. The molecule has 0 heterocycles. The summed E-state index contributed by atoms with van der Waals surface area (Å²) in [6, 6.07) is 0.934. The Hall–Kier alpha value is -1.31. The standard InChI is InChI=1S/C12H15F3N2O2.ClH/c1-19-5-4-16-2-3-17-12(18)11-9(14)6-8(13)7-10(11)15;/h6-7,16H,2-5H2,1H3,(H,17,18);1H. The molecule has 114 valence electrons. The van der Waals surface area contributed by atoms with Crippen LogP contribution in [0.1, 0.15) is 10.4 Å². The smallest absolute Gasteiger partial charge is 0.257 e. The van der Waals surface area contributed by atoms with Crippen LogP contribution in [0.4, 0.5) is 13.2 Å². The lowest BCUT2D eigenvalue weighted by Gasteiger charge is -2.08. The largest absolute Gasteiger partial charge is 0.383 e. The van der Waals surface area contributed by atoms with E-state index < -0.39 is 28.9 Å². The van der Waals surface area contributed by atoms with Crippen LogP contribution in [0.25, 0.3) is 0 Å². The number of ether oxygens (including phenoxy) is 1. The average Bonchev–Trinajstić information content (AvgIpc) is 2.32. The highest BCUT2D eigenvalue weighted by molar-refractivity contribution is 5.94. The van der Waals surface area contributed by atoms with Gasteiger partial charge >= 0.3 is 0 Å². The number of hydrogen-bond acceptors (Lipinski definition) is 3. The Morgan fingerprint density at radius 1 is 1.15 bits per heavy atom. The maximum absolute atomic E-state index is 13.3. The Morgan fingerprint density at radius 2 is 1.75 bits per heavy atom. The molecule has 0 aliphatic rings. The number of rotatable bonds is 7. The summed E-state index contributed by atoms with van der Waals surface area (Å²) in [7, 11) is 1.56. The van der Waals surface area contributed by atoms with Crippen LogP contribution < -0.4 is 10.6 Å². The van der Waals surface area contributed by atoms with E-state index in [1.54, 1.807) is 7.11 Å². The van der Waals surface area contributed by atoms with Gasteiger partial charge in [-0.1, -0.05) is 0 Å². The lowest BCUT2D eigenvalue weighted by Crippen LogP contribution is -2.34. The van der Waals surface area contributed by atoms with E-state index in [0.717, 1.165) is 0 Å². The molecule has 1 amide bonds. The lowest BCUT2D eigenvalue weighted by atomic mass is 10.2. The first kappa shape index (κ1) is 18.7. The van der Waals surface area contributed by atoms with Crippen LogP contribution in [0.5, 0.6) is 0 Å². The number of nitrogens with one attached hydrogen (secondary N) is 2. The minimum absolute atomic E-state index is 0. The summed E-state index contributed by atoms with van der Waals surface area (Å²) in [5.74, 6) is -4.42. The third-order valence-corrected chi connectivity index (χ3v) is 2.30. The summed E-state index contributed by atoms with van der Waals surface area (Å²) in [6.07, 6.45) is 0. The predicted octanol–water partition coefficient (Wildman–Crippen LogP) is 1.49. The third kappa shape index (κ3) is 5.77. The van der Waals surface area contributed by atoms with Crippen molar-refractivity contribution in [1.29, 1.82) is 0 Å². The summed E-state index contributed by atoms with van der Waals surface area (Å²) in [6.45, 7) is 1.75. The average molecular weight is 313 g/mol. The minimum Gasteiger partial charge on any atom is -0.383 e. The maximum atomic E-state index is 13.3. The first-order chi connectivity index (χ1) is 9.06. The second kappa shape index (κ2) is 9.57. The maximum Gasteiger partial charge on any atom is 0.257 e. The molecule has 20 heavy (non-hydrogen) atoms. The van der Waals surface area contributed by atoms with Gasteiger partial charge in [0, 0.05) is 38.9 Å². The molecule has 0 fully saturated rings. The van der Waals surface area contributed by atoms with Crippen LogP contribution in [-0.4, -0.2) is 39.3 Å². The van der Waals surface area contributed by atoms with Crippen LogP contribution in [0.3, 0.4) is 0 Å². The Balaban J connectivity index is 0.00000361. The monoisotopic (exact) mass is 312 g/mol. The SMILES string of the molecule is COCCNCCNC(=O)c1c(F)cc(F)cc1F.Cl. The first-order valence-corrected chi connectivity index (χ1v) is 5.68. The molecular formula is C12H16ClF3N2O2. The molecule has 0 unspecified atom stereocenters. The topological polar surface area (TPSA) is 50.4 Å². The molecule has 1 rings (SSSR count). The van der Waals surface area contributed by atoms with Crippen molar-refractivity contribution < 1.29 is 22.7 Å². The van der Waals surface area contributed by atoms with Crippen LogP contribution >= 0.6 is 12.4 Å². The summed E-state index contributed by atoms with van der Waals surface area (Å²) in [5, 5.41) is 5.28. The fourth-order valence-corrected chi connectivity index (χ4v) is 1.41. The van der Waals surface area contributed by atoms with Gasteiger partial charge in [0.1, 0.15) is 23.0 Å². The van der Waals surface area contributed by atoms with E-state index in [-0.39, 0.29) is 19.0 Å². The molecule has 1 aromatic rings. The summed E-state index contributed by atoms with van der Waals surface area (Å²) in [4.78, 5) is 11.5. The Morgan fingerprint density at radius 3 is 2.30 bits per heavy atom. The van der Waals surface area contributed by atoms with Gasteiger partial charge < -0.3 is 15.4 Å². The van der Waals surface area contributed by atoms with E-state index in [2.05, 4.69) is 10.6 Å². The van der Waals surface area contributed by atoms with Gasteiger partial charge in [0.15, 0.2) is 0 Å². The Kier molecular flexibility index (Phi) is 8.94. The fourth-order valence-electron chi connectivity index (χ4n) is 1.41. The Labute approximate surface area is 121 Å². The van der Waals surface area contributed by atoms with Crippen molar-refractivity contribution in [2.45, 2.75) is 0 Å². The fraction of sp³-hybridized carbons (Fsp3) is 0.417. The highest BCUT2D eigenvalue weighted by Gasteiger charge is 2.18. The normalized spacial score (nSPS) is 10.0. The quantitative estimate of drug-likeness (QED) is 0.750. The molecule has 0 saturated carbocycles. The van der Waals surface area contributed by atoms with Crippen LogP contribution in [0, 0.1) is 17.5 Å². The van der Waals surface area contributed by atoms with E-state index >= 15 is 0 Å². The number of halogens is 4. The molecule has 0 aliphatic carbocycles. The van der Waals surface area contributed by atoms with Gasteiger partial charge in [0.05, 0.1) is 6.61 Å². The van der Waals surface area contributed by atoms with Crippen molar-refractivity contribution in [3.8, 4) is 0 Å². The molecular weight excluding hydrogens is 297 g/mol. The Bertz CT molecular complexity index is 424. The van der Waals surface area contributed by atoms with Gasteiger partial charge in [0.25, 0.3) is 5.91 Å². The summed E-state index contributed by atoms with van der Waals surface area (Å²) in [5.41, 5.74) is -0.779. The highest BCUT2D eigenvalue weighted by Crippen LogP contribution is 2.14. The molecule has 1 aromatic carbocycles. The van der Waals surface area contributed by atoms with E-state index in [1.807, 2.05) is 0 Å². The number of methoxy groups -OCH3 is 1. The molecule has 0 spiro atoms. The van der Waals surface area contributed by atoms with E-state index in [4.69, 9.17) is 4.74 Å². The second-order valence-corrected chi connectivity index (χ2v) is 3.74. The van der Waals surface area contributed by atoms with Crippen molar-refractivity contribution >= 4 is 18.3 Å². The van der Waals surface area contributed by atoms with Gasteiger partial charge in [-0.15, -0.1) is 12.4 Å². The van der Waals surface area contributed by atoms with Crippen molar-refractivity contribution in [1.82, 2.24) is 10.6 Å². The molecule has 0 bridgehead atoms. The zero-order valence-corrected chi connectivity index (χ0v) is 11.7. The number of carbonyl (C=O) groups excluding carboxylic acids is 1. The molecule has 0 aliphatic heterocycles. The van der Waals surface area contributed by atoms with Gasteiger partial charge in [-0.25, -0.2) is 13.2 Å². The second-order valence-electron chi connectivity index (χ2n) is 3.74. The van der Waals surface area contributed by atoms with Crippen molar-refractivity contribution in [3.63, 3.8) is 0 Å². The lowest BCUT2D eigenvalue weighted by molar-refractivity contribution is 0.0945. The van der Waals surface area contributed by atoms with Gasteiger partial charge in [-0.3, -0.25) is 4.79 Å². The highest BCUT2D eigenvalue weighted by atomic mass is 35.5. The van der Waals surface area contributed by atoms with Gasteiger partial charge in [0.2, 0.25) is 0 Å². The first-order valence-electron chi connectivity index (χ1n) is 5.68. The predicted molar refractivity (Wildman–Crippen MR) is 70.6 cm³/mol. The number of carbonyl (C=O) groups is 1. The van der Waals surface area contributed by atoms with E-state index in [9.17, 15) is 18.0 Å². The van der Waals surface area contributed by atoms with Crippen molar-refractivity contribution in [3.05, 3.63) is 35.1 Å². The number of amides is 1. The number of hydrogen-bond donors (Lipinski definition) is 2. The zero-order chi connectivity index (χ0) is 14.3. The molecule has 4 nitrogen and oxygen atoms in total. The van der Waals surface area contributed by atoms with Gasteiger partial charge in [-0.2, -0.15) is 0 Å². The molecule has 2 N–H and O–H groups in total. The minimum atomic E-state index is -1.22. The van der Waals surface area contributed by atoms with E-state index in [0.29, 0.717) is 31.8 Å². The van der Waals surface area contributed by atoms with Gasteiger partial charge in [-0.05, 0) is 0 Å². The van der Waals surface area contributed by atoms with E-state index in [1.165, 1.54) is 0 Å². The number of benzene rings is 1. The zero-order valence-electron chi connectivity index (χ0n) is 10.8. The van der Waals surface area contributed by atoms with Crippen LogP contribution in [0.15, 0.2) is 12.1 Å². The molecule has 0 radical (unpaired) electrons. The summed E-state index contributed by atoms with van der Waals surface area (Å²) >= 11 is 0. The van der Waals surface area contributed by atoms with Crippen molar-refractivity contribution in [2.24, 2.45) is 0 Å². The summed E-state index contributed by atoms with van der Waals surface area (Å²) < 4.78 is 44.0. The van der Waals surface area contributed by atoms with Crippen LogP contribution in [-0.2, 0) is 4.74 Å². The molecule has 0 aromatic heterocycles. The third-order valence-electron chi connectivity index (χ3n) is 2.30. The molecule has 0 atom stereocenters. The molecule has 0 saturated heterocycles.